The molecule has 7 heteroatoms. The molecule has 1 heterocycles. The van der Waals surface area contributed by atoms with Crippen LogP contribution in [-0.4, -0.2) is 42.3 Å². The maximum absolute atomic E-state index is 12.7. The Morgan fingerprint density at radius 2 is 1.75 bits per heavy atom. The lowest BCUT2D eigenvalue weighted by atomic mass is 9.85. The summed E-state index contributed by atoms with van der Waals surface area (Å²) in [5.41, 5.74) is 1.06. The maximum atomic E-state index is 12.7. The van der Waals surface area contributed by atoms with Gasteiger partial charge in [-0.2, -0.15) is 0 Å². The Labute approximate surface area is 170 Å². The minimum Gasteiger partial charge on any atom is -0.357 e. The van der Waals surface area contributed by atoms with Gasteiger partial charge in [0, 0.05) is 24.7 Å². The van der Waals surface area contributed by atoms with Crippen LogP contribution in [0.3, 0.4) is 0 Å². The highest BCUT2D eigenvalue weighted by molar-refractivity contribution is 6.30. The van der Waals surface area contributed by atoms with Crippen molar-refractivity contribution in [3.05, 3.63) is 47.0 Å². The Bertz CT molecular complexity index is 790. The molecule has 2 aliphatic carbocycles. The predicted octanol–water partition coefficient (Wildman–Crippen LogP) is 2.20. The topological polar surface area (TPSA) is 73.8 Å². The Hall–Kier alpha value is -2.34. The Balaban J connectivity index is 1.32. The largest absolute Gasteiger partial charge is 0.357 e. The summed E-state index contributed by atoms with van der Waals surface area (Å²) in [5.74, 6) is 0.904. The van der Waals surface area contributed by atoms with Gasteiger partial charge in [0.15, 0.2) is 5.96 Å². The second kappa shape index (κ2) is 7.95. The van der Waals surface area contributed by atoms with Gasteiger partial charge in [0.25, 0.3) is 0 Å². The number of carbonyl (C=O) groups excluding carboxylic acids is 2. The highest BCUT2D eigenvalue weighted by Crippen LogP contribution is 2.52. The highest BCUT2D eigenvalue weighted by Gasteiger charge is 2.58. The van der Waals surface area contributed by atoms with Crippen LogP contribution < -0.4 is 10.6 Å². The van der Waals surface area contributed by atoms with E-state index in [4.69, 9.17) is 11.6 Å². The molecule has 28 heavy (non-hydrogen) atoms. The standard InChI is InChI=1S/C21H25ClN4O2/c1-2-23-21(25-12-13-3-7-16(22)8-4-13)24-9-10-26-19(27)17-14-5-6-15(11-14)18(17)20(26)28/h3-8,14-15,17-18H,2,9-12H2,1H3,(H2,23,24,25). The summed E-state index contributed by atoms with van der Waals surface area (Å²) >= 11 is 5.91. The lowest BCUT2D eigenvalue weighted by molar-refractivity contribution is -0.140. The number of likely N-dealkylation sites (tertiary alicyclic amines) is 1. The van der Waals surface area contributed by atoms with Gasteiger partial charge in [0.05, 0.1) is 18.4 Å². The summed E-state index contributed by atoms with van der Waals surface area (Å²) in [6.07, 6.45) is 5.19. The first kappa shape index (κ1) is 19.0. The monoisotopic (exact) mass is 400 g/mol. The van der Waals surface area contributed by atoms with Gasteiger partial charge in [-0.25, -0.2) is 4.99 Å². The molecule has 0 spiro atoms. The van der Waals surface area contributed by atoms with E-state index in [1.165, 1.54) is 4.90 Å². The first-order valence-corrected chi connectivity index (χ1v) is 10.3. The summed E-state index contributed by atoms with van der Waals surface area (Å²) in [5, 5.41) is 7.12. The van der Waals surface area contributed by atoms with E-state index in [1.807, 2.05) is 31.2 Å². The molecular weight excluding hydrogens is 376 g/mol. The molecule has 1 saturated carbocycles. The van der Waals surface area contributed by atoms with Crippen molar-refractivity contribution in [3.8, 4) is 0 Å². The van der Waals surface area contributed by atoms with Gasteiger partial charge in [-0.3, -0.25) is 14.5 Å². The van der Waals surface area contributed by atoms with Crippen LogP contribution in [0, 0.1) is 23.7 Å². The normalized spacial score (nSPS) is 28.2. The van der Waals surface area contributed by atoms with Crippen molar-refractivity contribution in [2.45, 2.75) is 19.9 Å². The van der Waals surface area contributed by atoms with E-state index in [-0.39, 0.29) is 35.5 Å². The van der Waals surface area contributed by atoms with Crippen LogP contribution >= 0.6 is 11.6 Å². The fourth-order valence-corrected chi connectivity index (χ4v) is 4.70. The average Bonchev–Trinajstić information content (AvgIpc) is 3.37. The Morgan fingerprint density at radius 1 is 1.11 bits per heavy atom. The van der Waals surface area contributed by atoms with Crippen molar-refractivity contribution < 1.29 is 9.59 Å². The number of aliphatic imine (C=N–C) groups is 1. The molecule has 1 aromatic carbocycles. The lowest BCUT2D eigenvalue weighted by Crippen LogP contribution is -2.43. The minimum atomic E-state index is -0.130. The quantitative estimate of drug-likeness (QED) is 0.332. The van der Waals surface area contributed by atoms with E-state index in [2.05, 4.69) is 27.8 Å². The summed E-state index contributed by atoms with van der Waals surface area (Å²) in [6.45, 7) is 4.10. The number of halogens is 1. The predicted molar refractivity (Wildman–Crippen MR) is 109 cm³/mol. The summed E-state index contributed by atoms with van der Waals surface area (Å²) in [4.78, 5) is 31.4. The number of nitrogens with one attached hydrogen (secondary N) is 2. The highest BCUT2D eigenvalue weighted by atomic mass is 35.5. The van der Waals surface area contributed by atoms with E-state index < -0.39 is 0 Å². The van der Waals surface area contributed by atoms with Gasteiger partial charge in [-0.1, -0.05) is 35.9 Å². The smallest absolute Gasteiger partial charge is 0.233 e. The first-order valence-electron chi connectivity index (χ1n) is 9.88. The number of benzene rings is 1. The van der Waals surface area contributed by atoms with Crippen molar-refractivity contribution in [2.75, 3.05) is 19.6 Å². The molecule has 2 N–H and O–H groups in total. The molecular formula is C21H25ClN4O2. The molecule has 2 amide bonds. The van der Waals surface area contributed by atoms with E-state index in [1.54, 1.807) is 0 Å². The SMILES string of the molecule is CCNC(=NCc1ccc(Cl)cc1)NCCN1C(=O)C2C3C=CC(C3)C2C1=O. The van der Waals surface area contributed by atoms with Gasteiger partial charge in [0.1, 0.15) is 0 Å². The van der Waals surface area contributed by atoms with Gasteiger partial charge >= 0.3 is 0 Å². The van der Waals surface area contributed by atoms with Crippen LogP contribution in [0.5, 0.6) is 0 Å². The number of rotatable bonds is 6. The minimum absolute atomic E-state index is 0.00301. The number of carbonyl (C=O) groups is 2. The third-order valence-electron chi connectivity index (χ3n) is 5.87. The van der Waals surface area contributed by atoms with Crippen molar-refractivity contribution >= 4 is 29.4 Å². The van der Waals surface area contributed by atoms with E-state index in [9.17, 15) is 9.59 Å². The number of amides is 2. The molecule has 2 fully saturated rings. The van der Waals surface area contributed by atoms with Crippen LogP contribution in [-0.2, 0) is 16.1 Å². The van der Waals surface area contributed by atoms with Gasteiger partial charge < -0.3 is 10.6 Å². The molecule has 1 aliphatic heterocycles. The number of hydrogen-bond acceptors (Lipinski definition) is 3. The number of imide groups is 1. The van der Waals surface area contributed by atoms with Gasteiger partial charge in [-0.15, -0.1) is 0 Å². The number of guanidine groups is 1. The molecule has 1 saturated heterocycles. The summed E-state index contributed by atoms with van der Waals surface area (Å²) < 4.78 is 0. The number of allylic oxidation sites excluding steroid dienone is 2. The fraction of sp³-hybridized carbons (Fsp3) is 0.476. The molecule has 0 radical (unpaired) electrons. The average molecular weight is 401 g/mol. The number of hydrogen-bond donors (Lipinski definition) is 2. The molecule has 2 bridgehead atoms. The van der Waals surface area contributed by atoms with Crippen molar-refractivity contribution in [2.24, 2.45) is 28.7 Å². The van der Waals surface area contributed by atoms with E-state index >= 15 is 0 Å². The van der Waals surface area contributed by atoms with Crippen LogP contribution in [0.2, 0.25) is 5.02 Å². The molecule has 4 rings (SSSR count). The number of fused-ring (bicyclic) bond motifs is 5. The van der Waals surface area contributed by atoms with Crippen molar-refractivity contribution in [1.29, 1.82) is 0 Å². The van der Waals surface area contributed by atoms with Gasteiger partial charge in [-0.05, 0) is 42.9 Å². The second-order valence-electron chi connectivity index (χ2n) is 7.58. The Morgan fingerprint density at radius 3 is 2.36 bits per heavy atom. The summed E-state index contributed by atoms with van der Waals surface area (Å²) in [7, 11) is 0. The molecule has 4 unspecified atom stereocenters. The first-order chi connectivity index (χ1) is 13.6. The molecule has 4 atom stereocenters. The van der Waals surface area contributed by atoms with E-state index in [0.29, 0.717) is 30.6 Å². The zero-order valence-corrected chi connectivity index (χ0v) is 16.7. The van der Waals surface area contributed by atoms with Gasteiger partial charge in [0.2, 0.25) is 11.8 Å². The lowest BCUT2D eigenvalue weighted by Gasteiger charge is -2.18. The third-order valence-corrected chi connectivity index (χ3v) is 6.12. The van der Waals surface area contributed by atoms with Crippen LogP contribution in [0.4, 0.5) is 0 Å². The van der Waals surface area contributed by atoms with Crippen LogP contribution in [0.15, 0.2) is 41.4 Å². The Kier molecular flexibility index (Phi) is 5.40. The molecule has 148 valence electrons. The molecule has 3 aliphatic rings. The maximum Gasteiger partial charge on any atom is 0.233 e. The van der Waals surface area contributed by atoms with Crippen molar-refractivity contribution in [1.82, 2.24) is 15.5 Å². The third kappa shape index (κ3) is 3.53. The fourth-order valence-electron chi connectivity index (χ4n) is 4.57. The number of nitrogens with zero attached hydrogens (tertiary/aromatic N) is 2. The van der Waals surface area contributed by atoms with Crippen LogP contribution in [0.25, 0.3) is 0 Å². The zero-order chi connectivity index (χ0) is 19.7. The summed E-state index contributed by atoms with van der Waals surface area (Å²) in [6, 6.07) is 7.57. The van der Waals surface area contributed by atoms with Crippen LogP contribution in [0.1, 0.15) is 18.9 Å². The molecule has 0 aromatic heterocycles. The zero-order valence-electron chi connectivity index (χ0n) is 15.9. The molecule has 6 nitrogen and oxygen atoms in total. The van der Waals surface area contributed by atoms with Crippen molar-refractivity contribution in [3.63, 3.8) is 0 Å². The van der Waals surface area contributed by atoms with E-state index in [0.717, 1.165) is 18.5 Å². The second-order valence-corrected chi connectivity index (χ2v) is 8.01. The molecule has 1 aromatic rings.